The average Bonchev–Trinajstić information content (AvgIpc) is 2.49. The van der Waals surface area contributed by atoms with E-state index in [1.807, 2.05) is 30.5 Å². The number of aliphatic hydroxyl groups excluding tert-OH is 1. The summed E-state index contributed by atoms with van der Waals surface area (Å²) in [4.78, 5) is 4.16. The SMILES string of the molecule is Cc1ccc(CC(O)c2cccc3ccncc23)cc1. The fourth-order valence-electron chi connectivity index (χ4n) is 2.48. The second-order valence-electron chi connectivity index (χ2n) is 5.15. The lowest BCUT2D eigenvalue weighted by atomic mass is 9.97. The third kappa shape index (κ3) is 2.56. The fourth-order valence-corrected chi connectivity index (χ4v) is 2.48. The Labute approximate surface area is 118 Å². The van der Waals surface area contributed by atoms with E-state index in [0.717, 1.165) is 21.9 Å². The molecule has 0 aliphatic rings. The number of aromatic nitrogens is 1. The van der Waals surface area contributed by atoms with E-state index < -0.39 is 6.10 Å². The van der Waals surface area contributed by atoms with Crippen molar-refractivity contribution in [3.63, 3.8) is 0 Å². The van der Waals surface area contributed by atoms with Crippen LogP contribution in [0.3, 0.4) is 0 Å². The van der Waals surface area contributed by atoms with Gasteiger partial charge in [0.25, 0.3) is 0 Å². The van der Waals surface area contributed by atoms with Crippen LogP contribution in [-0.2, 0) is 6.42 Å². The van der Waals surface area contributed by atoms with E-state index in [1.165, 1.54) is 5.56 Å². The minimum Gasteiger partial charge on any atom is -0.388 e. The molecule has 20 heavy (non-hydrogen) atoms. The molecule has 0 aliphatic heterocycles. The van der Waals surface area contributed by atoms with E-state index in [2.05, 4.69) is 36.2 Å². The van der Waals surface area contributed by atoms with Crippen LogP contribution in [0.5, 0.6) is 0 Å². The minimum absolute atomic E-state index is 0.509. The monoisotopic (exact) mass is 263 g/mol. The molecule has 0 radical (unpaired) electrons. The van der Waals surface area contributed by atoms with Crippen molar-refractivity contribution in [1.82, 2.24) is 4.98 Å². The van der Waals surface area contributed by atoms with Crippen molar-refractivity contribution in [2.75, 3.05) is 0 Å². The lowest BCUT2D eigenvalue weighted by molar-refractivity contribution is 0.180. The summed E-state index contributed by atoms with van der Waals surface area (Å²) in [6.07, 6.45) is 3.71. The second-order valence-corrected chi connectivity index (χ2v) is 5.15. The number of nitrogens with zero attached hydrogens (tertiary/aromatic N) is 1. The highest BCUT2D eigenvalue weighted by Gasteiger charge is 2.11. The van der Waals surface area contributed by atoms with Gasteiger partial charge in [-0.3, -0.25) is 4.98 Å². The van der Waals surface area contributed by atoms with E-state index in [9.17, 15) is 5.11 Å². The van der Waals surface area contributed by atoms with Gasteiger partial charge in [-0.15, -0.1) is 0 Å². The molecule has 1 heterocycles. The molecule has 2 nitrogen and oxygen atoms in total. The van der Waals surface area contributed by atoms with Gasteiger partial charge in [0.2, 0.25) is 0 Å². The molecule has 1 aromatic heterocycles. The first-order valence-electron chi connectivity index (χ1n) is 6.80. The van der Waals surface area contributed by atoms with Gasteiger partial charge in [0.15, 0.2) is 0 Å². The van der Waals surface area contributed by atoms with Crippen LogP contribution in [-0.4, -0.2) is 10.1 Å². The molecule has 2 aromatic carbocycles. The molecule has 0 bridgehead atoms. The van der Waals surface area contributed by atoms with E-state index in [0.29, 0.717) is 6.42 Å². The van der Waals surface area contributed by atoms with Gasteiger partial charge < -0.3 is 5.11 Å². The van der Waals surface area contributed by atoms with Crippen molar-refractivity contribution in [3.8, 4) is 0 Å². The molecule has 1 atom stereocenters. The van der Waals surface area contributed by atoms with Crippen LogP contribution < -0.4 is 0 Å². The van der Waals surface area contributed by atoms with Gasteiger partial charge in [-0.05, 0) is 29.5 Å². The van der Waals surface area contributed by atoms with Crippen molar-refractivity contribution in [2.24, 2.45) is 0 Å². The summed E-state index contributed by atoms with van der Waals surface area (Å²) in [7, 11) is 0. The number of benzene rings is 2. The van der Waals surface area contributed by atoms with E-state index in [4.69, 9.17) is 0 Å². The zero-order chi connectivity index (χ0) is 13.9. The first kappa shape index (κ1) is 12.8. The summed E-state index contributed by atoms with van der Waals surface area (Å²) in [6.45, 7) is 2.07. The molecular weight excluding hydrogens is 246 g/mol. The molecule has 100 valence electrons. The highest BCUT2D eigenvalue weighted by molar-refractivity contribution is 5.85. The zero-order valence-corrected chi connectivity index (χ0v) is 11.5. The largest absolute Gasteiger partial charge is 0.388 e. The molecule has 1 N–H and O–H groups in total. The molecule has 3 rings (SSSR count). The molecule has 0 spiro atoms. The van der Waals surface area contributed by atoms with Crippen LogP contribution in [0.1, 0.15) is 22.8 Å². The molecule has 2 heteroatoms. The van der Waals surface area contributed by atoms with Crippen molar-refractivity contribution in [2.45, 2.75) is 19.4 Å². The van der Waals surface area contributed by atoms with Crippen molar-refractivity contribution in [3.05, 3.63) is 77.6 Å². The van der Waals surface area contributed by atoms with E-state index in [-0.39, 0.29) is 0 Å². The summed E-state index contributed by atoms with van der Waals surface area (Å²) < 4.78 is 0. The standard InChI is InChI=1S/C18H17NO/c1-13-5-7-14(8-6-13)11-18(20)16-4-2-3-15-9-10-19-12-17(15)16/h2-10,12,18,20H,11H2,1H3. The smallest absolute Gasteiger partial charge is 0.0836 e. The summed E-state index contributed by atoms with van der Waals surface area (Å²) >= 11 is 0. The zero-order valence-electron chi connectivity index (χ0n) is 11.5. The molecule has 1 unspecified atom stereocenters. The van der Waals surface area contributed by atoms with Gasteiger partial charge in [0.05, 0.1) is 6.10 Å². The lowest BCUT2D eigenvalue weighted by Crippen LogP contribution is -2.02. The Morgan fingerprint density at radius 2 is 1.85 bits per heavy atom. The number of hydrogen-bond acceptors (Lipinski definition) is 2. The van der Waals surface area contributed by atoms with Gasteiger partial charge in [0.1, 0.15) is 0 Å². The van der Waals surface area contributed by atoms with Gasteiger partial charge in [-0.1, -0.05) is 48.0 Å². The van der Waals surface area contributed by atoms with Crippen LogP contribution in [0.15, 0.2) is 60.9 Å². The first-order valence-corrected chi connectivity index (χ1v) is 6.80. The van der Waals surface area contributed by atoms with Crippen LogP contribution in [0.4, 0.5) is 0 Å². The normalized spacial score (nSPS) is 12.5. The third-order valence-corrected chi connectivity index (χ3v) is 3.63. The summed E-state index contributed by atoms with van der Waals surface area (Å²) in [5, 5.41) is 12.6. The number of fused-ring (bicyclic) bond motifs is 1. The molecule has 3 aromatic rings. The Hall–Kier alpha value is -2.19. The molecule has 0 saturated heterocycles. The quantitative estimate of drug-likeness (QED) is 0.779. The van der Waals surface area contributed by atoms with Crippen LogP contribution in [0, 0.1) is 6.92 Å². The maximum Gasteiger partial charge on any atom is 0.0836 e. The maximum absolute atomic E-state index is 10.5. The number of aryl methyl sites for hydroxylation is 1. The average molecular weight is 263 g/mol. The second kappa shape index (κ2) is 5.43. The molecule has 0 saturated carbocycles. The topological polar surface area (TPSA) is 33.1 Å². The van der Waals surface area contributed by atoms with E-state index >= 15 is 0 Å². The lowest BCUT2D eigenvalue weighted by Gasteiger charge is -2.14. The Morgan fingerprint density at radius 3 is 2.65 bits per heavy atom. The van der Waals surface area contributed by atoms with Gasteiger partial charge >= 0.3 is 0 Å². The predicted molar refractivity (Wildman–Crippen MR) is 81.6 cm³/mol. The maximum atomic E-state index is 10.5. The van der Waals surface area contributed by atoms with Crippen LogP contribution in [0.25, 0.3) is 10.8 Å². The van der Waals surface area contributed by atoms with Crippen molar-refractivity contribution < 1.29 is 5.11 Å². The first-order chi connectivity index (χ1) is 9.74. The number of aliphatic hydroxyl groups is 1. The van der Waals surface area contributed by atoms with Crippen molar-refractivity contribution in [1.29, 1.82) is 0 Å². The van der Waals surface area contributed by atoms with E-state index in [1.54, 1.807) is 6.20 Å². The Kier molecular flexibility index (Phi) is 3.48. The van der Waals surface area contributed by atoms with Gasteiger partial charge in [-0.25, -0.2) is 0 Å². The summed E-state index contributed by atoms with van der Waals surface area (Å²) in [5.41, 5.74) is 3.32. The Bertz CT molecular complexity index is 714. The van der Waals surface area contributed by atoms with Crippen LogP contribution >= 0.6 is 0 Å². The fraction of sp³-hybridized carbons (Fsp3) is 0.167. The Balaban J connectivity index is 1.92. The number of pyridine rings is 1. The summed E-state index contributed by atoms with van der Waals surface area (Å²) in [5.74, 6) is 0. The molecule has 0 amide bonds. The number of hydrogen-bond donors (Lipinski definition) is 1. The minimum atomic E-state index is -0.509. The predicted octanol–water partition coefficient (Wildman–Crippen LogP) is 3.82. The molecule has 0 aliphatic carbocycles. The third-order valence-electron chi connectivity index (χ3n) is 3.63. The van der Waals surface area contributed by atoms with Crippen molar-refractivity contribution >= 4 is 10.8 Å². The molecule has 0 fully saturated rings. The highest BCUT2D eigenvalue weighted by atomic mass is 16.3. The Morgan fingerprint density at radius 1 is 1.05 bits per heavy atom. The summed E-state index contributed by atoms with van der Waals surface area (Å²) in [6, 6.07) is 16.3. The number of rotatable bonds is 3. The van der Waals surface area contributed by atoms with Gasteiger partial charge in [-0.2, -0.15) is 0 Å². The van der Waals surface area contributed by atoms with Crippen LogP contribution in [0.2, 0.25) is 0 Å². The van der Waals surface area contributed by atoms with Gasteiger partial charge in [0, 0.05) is 24.2 Å². The highest BCUT2D eigenvalue weighted by Crippen LogP contribution is 2.26. The molecular formula is C18H17NO.